The number of nitriles is 1. The summed E-state index contributed by atoms with van der Waals surface area (Å²) in [4.78, 5) is 3.20. The quantitative estimate of drug-likeness (QED) is 0.679. The highest BCUT2D eigenvalue weighted by Gasteiger charge is 2.22. The van der Waals surface area contributed by atoms with Gasteiger partial charge >= 0.3 is 0 Å². The summed E-state index contributed by atoms with van der Waals surface area (Å²) in [5.41, 5.74) is 3.11. The van der Waals surface area contributed by atoms with E-state index in [1.165, 1.54) is 17.7 Å². The van der Waals surface area contributed by atoms with E-state index >= 15 is 0 Å². The minimum atomic E-state index is 0.530. The summed E-state index contributed by atoms with van der Waals surface area (Å²) in [6.07, 6.45) is 2.25. The Morgan fingerprint density at radius 2 is 2.27 bits per heavy atom. The molecule has 0 spiro atoms. The van der Waals surface area contributed by atoms with Crippen LogP contribution in [0.25, 0.3) is 0 Å². The van der Waals surface area contributed by atoms with Gasteiger partial charge in [-0.05, 0) is 36.3 Å². The lowest BCUT2D eigenvalue weighted by atomic mass is 9.80. The zero-order chi connectivity index (χ0) is 11.0. The van der Waals surface area contributed by atoms with Gasteiger partial charge in [0.25, 0.3) is 0 Å². The van der Waals surface area contributed by atoms with Crippen molar-refractivity contribution in [1.29, 1.82) is 5.26 Å². The molecule has 2 rings (SSSR count). The van der Waals surface area contributed by atoms with E-state index in [0.717, 1.165) is 6.42 Å². The second-order valence-electron chi connectivity index (χ2n) is 4.50. The first-order valence-corrected chi connectivity index (χ1v) is 5.69. The lowest BCUT2D eigenvalue weighted by Crippen LogP contribution is -2.16. The number of aromatic nitrogens is 1. The maximum Gasteiger partial charge on any atom is 0.121 e. The second kappa shape index (κ2) is 3.79. The molecule has 2 nitrogen and oxygen atoms in total. The molecule has 1 aliphatic carbocycles. The monoisotopic (exact) mass is 218 g/mol. The molecule has 0 bridgehead atoms. The Bertz CT molecular complexity index is 481. The van der Waals surface area contributed by atoms with E-state index in [4.69, 9.17) is 17.5 Å². The molecule has 1 aromatic rings. The predicted molar refractivity (Wildman–Crippen MR) is 62.2 cm³/mol. The van der Waals surface area contributed by atoms with Crippen LogP contribution in [0.3, 0.4) is 0 Å². The molecule has 1 N–H and O–H groups in total. The standard InChI is InChI=1S/C12H14N2S/c1-7-3-8(2)10-5-9(6-13)12(15)14-11(10)4-7/h5,7-8H,3-4H2,1-2H3,(H,14,15). The molecule has 0 aromatic carbocycles. The van der Waals surface area contributed by atoms with Crippen LogP contribution < -0.4 is 0 Å². The van der Waals surface area contributed by atoms with Gasteiger partial charge in [-0.3, -0.25) is 0 Å². The normalized spacial score (nSPS) is 24.3. The third-order valence-corrected chi connectivity index (χ3v) is 3.44. The summed E-state index contributed by atoms with van der Waals surface area (Å²) in [6.45, 7) is 4.47. The van der Waals surface area contributed by atoms with E-state index in [-0.39, 0.29) is 0 Å². The number of hydrogen-bond donors (Lipinski definition) is 1. The van der Waals surface area contributed by atoms with Crippen molar-refractivity contribution in [1.82, 2.24) is 4.98 Å². The van der Waals surface area contributed by atoms with Crippen LogP contribution in [0.15, 0.2) is 6.07 Å². The Labute approximate surface area is 95.0 Å². The fourth-order valence-electron chi connectivity index (χ4n) is 2.44. The van der Waals surface area contributed by atoms with Gasteiger partial charge in [0.1, 0.15) is 10.7 Å². The summed E-state index contributed by atoms with van der Waals surface area (Å²) >= 11 is 5.14. The summed E-state index contributed by atoms with van der Waals surface area (Å²) in [5.74, 6) is 1.23. The molecule has 2 atom stereocenters. The molecule has 0 radical (unpaired) electrons. The molecule has 0 aliphatic heterocycles. The fraction of sp³-hybridized carbons (Fsp3) is 0.500. The average molecular weight is 218 g/mol. The molecule has 0 saturated carbocycles. The number of H-pyrrole nitrogens is 1. The molecular formula is C12H14N2S. The molecule has 0 amide bonds. The first-order valence-electron chi connectivity index (χ1n) is 5.28. The minimum Gasteiger partial charge on any atom is -0.349 e. The van der Waals surface area contributed by atoms with Crippen LogP contribution in [0.5, 0.6) is 0 Å². The van der Waals surface area contributed by atoms with Gasteiger partial charge in [-0.15, -0.1) is 0 Å². The van der Waals surface area contributed by atoms with E-state index in [0.29, 0.717) is 22.0 Å². The van der Waals surface area contributed by atoms with Gasteiger partial charge in [0.2, 0.25) is 0 Å². The van der Waals surface area contributed by atoms with Gasteiger partial charge in [-0.1, -0.05) is 26.1 Å². The van der Waals surface area contributed by atoms with Gasteiger partial charge in [0.05, 0.1) is 5.56 Å². The molecule has 1 heterocycles. The molecule has 3 heteroatoms. The Hall–Kier alpha value is -1.14. The predicted octanol–water partition coefficient (Wildman–Crippen LogP) is 3.30. The van der Waals surface area contributed by atoms with Crippen molar-refractivity contribution in [3.8, 4) is 6.07 Å². The van der Waals surface area contributed by atoms with Crippen molar-refractivity contribution in [3.63, 3.8) is 0 Å². The van der Waals surface area contributed by atoms with Gasteiger partial charge in [0, 0.05) is 5.69 Å². The average Bonchev–Trinajstić information content (AvgIpc) is 2.16. The Kier molecular flexibility index (Phi) is 2.62. The van der Waals surface area contributed by atoms with Crippen LogP contribution in [-0.4, -0.2) is 4.98 Å². The van der Waals surface area contributed by atoms with Crippen molar-refractivity contribution >= 4 is 12.2 Å². The summed E-state index contributed by atoms with van der Waals surface area (Å²) in [7, 11) is 0. The maximum atomic E-state index is 8.92. The third kappa shape index (κ3) is 1.82. The van der Waals surface area contributed by atoms with Crippen molar-refractivity contribution in [2.24, 2.45) is 5.92 Å². The number of rotatable bonds is 0. The van der Waals surface area contributed by atoms with Crippen LogP contribution >= 0.6 is 12.2 Å². The van der Waals surface area contributed by atoms with Crippen LogP contribution in [0.4, 0.5) is 0 Å². The zero-order valence-corrected chi connectivity index (χ0v) is 9.82. The maximum absolute atomic E-state index is 8.92. The fourth-order valence-corrected chi connectivity index (χ4v) is 2.67. The molecule has 15 heavy (non-hydrogen) atoms. The number of pyridine rings is 1. The van der Waals surface area contributed by atoms with Crippen molar-refractivity contribution in [2.75, 3.05) is 0 Å². The van der Waals surface area contributed by atoms with E-state index < -0.39 is 0 Å². The highest BCUT2D eigenvalue weighted by molar-refractivity contribution is 7.71. The smallest absolute Gasteiger partial charge is 0.121 e. The van der Waals surface area contributed by atoms with Crippen molar-refractivity contribution in [2.45, 2.75) is 32.6 Å². The van der Waals surface area contributed by atoms with E-state index in [1.807, 2.05) is 6.07 Å². The third-order valence-electron chi connectivity index (χ3n) is 3.12. The zero-order valence-electron chi connectivity index (χ0n) is 9.00. The minimum absolute atomic E-state index is 0.530. The molecule has 2 unspecified atom stereocenters. The van der Waals surface area contributed by atoms with Gasteiger partial charge in [0.15, 0.2) is 0 Å². The summed E-state index contributed by atoms with van der Waals surface area (Å²) in [6, 6.07) is 4.10. The Morgan fingerprint density at radius 1 is 1.53 bits per heavy atom. The summed E-state index contributed by atoms with van der Waals surface area (Å²) < 4.78 is 0.581. The number of nitrogens with one attached hydrogen (secondary N) is 1. The van der Waals surface area contributed by atoms with E-state index in [9.17, 15) is 0 Å². The second-order valence-corrected chi connectivity index (χ2v) is 4.91. The number of nitrogens with zero attached hydrogens (tertiary/aromatic N) is 1. The van der Waals surface area contributed by atoms with Crippen LogP contribution in [-0.2, 0) is 6.42 Å². The lowest BCUT2D eigenvalue weighted by molar-refractivity contribution is 0.442. The SMILES string of the molecule is CC1Cc2[nH]c(=S)c(C#N)cc2C(C)C1. The molecular weight excluding hydrogens is 204 g/mol. The van der Waals surface area contributed by atoms with Gasteiger partial charge in [-0.2, -0.15) is 5.26 Å². The molecule has 0 fully saturated rings. The van der Waals surface area contributed by atoms with Crippen LogP contribution in [0, 0.1) is 21.9 Å². The molecule has 1 aliphatic rings. The Balaban J connectivity index is 2.58. The largest absolute Gasteiger partial charge is 0.349 e. The molecule has 78 valence electrons. The number of fused-ring (bicyclic) bond motifs is 1. The highest BCUT2D eigenvalue weighted by atomic mass is 32.1. The van der Waals surface area contributed by atoms with Crippen LogP contribution in [0.2, 0.25) is 0 Å². The highest BCUT2D eigenvalue weighted by Crippen LogP contribution is 2.33. The Morgan fingerprint density at radius 3 is 2.93 bits per heavy atom. The van der Waals surface area contributed by atoms with Crippen LogP contribution in [0.1, 0.15) is 43.0 Å². The number of aromatic amines is 1. The van der Waals surface area contributed by atoms with Gasteiger partial charge in [-0.25, -0.2) is 0 Å². The topological polar surface area (TPSA) is 39.6 Å². The first-order chi connectivity index (χ1) is 7.11. The van der Waals surface area contributed by atoms with Crippen molar-refractivity contribution in [3.05, 3.63) is 27.5 Å². The van der Waals surface area contributed by atoms with Gasteiger partial charge < -0.3 is 4.98 Å². The van der Waals surface area contributed by atoms with E-state index in [1.54, 1.807) is 0 Å². The van der Waals surface area contributed by atoms with Crippen molar-refractivity contribution < 1.29 is 0 Å². The van der Waals surface area contributed by atoms with E-state index in [2.05, 4.69) is 24.9 Å². The summed E-state index contributed by atoms with van der Waals surface area (Å²) in [5, 5.41) is 8.92. The first kappa shape index (κ1) is 10.4. The molecule has 0 saturated heterocycles. The number of hydrogen-bond acceptors (Lipinski definition) is 2. The molecule has 1 aromatic heterocycles. The lowest BCUT2D eigenvalue weighted by Gasteiger charge is -2.27.